The fraction of sp³-hybridized carbons (Fsp3) is 0.474. The third kappa shape index (κ3) is 4.93. The normalized spacial score (nSPS) is 16.2. The lowest BCUT2D eigenvalue weighted by molar-refractivity contribution is -0.126. The number of carbonyl (C=O) groups excluding carboxylic acids is 1. The van der Waals surface area contributed by atoms with Gasteiger partial charge >= 0.3 is 0 Å². The van der Waals surface area contributed by atoms with Crippen molar-refractivity contribution in [2.24, 2.45) is 5.92 Å². The molecule has 0 atom stereocenters. The number of nitrogens with zero attached hydrogens (tertiary/aromatic N) is 2. The van der Waals surface area contributed by atoms with Crippen LogP contribution < -0.4 is 5.32 Å². The van der Waals surface area contributed by atoms with Gasteiger partial charge in [-0.05, 0) is 49.9 Å². The summed E-state index contributed by atoms with van der Waals surface area (Å²) in [4.78, 5) is 14.7. The molecule has 24 heavy (non-hydrogen) atoms. The molecule has 1 aromatic heterocycles. The molecule has 0 spiro atoms. The number of hydrogen-bond acceptors (Lipinski definition) is 3. The molecule has 1 fully saturated rings. The summed E-state index contributed by atoms with van der Waals surface area (Å²) in [5.74, 6) is 0.395. The van der Waals surface area contributed by atoms with Gasteiger partial charge in [-0.15, -0.1) is 0 Å². The topological polar surface area (TPSA) is 61.0 Å². The number of piperidine rings is 1. The third-order valence-electron chi connectivity index (χ3n) is 4.79. The van der Waals surface area contributed by atoms with Gasteiger partial charge < -0.3 is 10.2 Å². The molecular weight excluding hydrogens is 300 g/mol. The van der Waals surface area contributed by atoms with Crippen LogP contribution >= 0.6 is 0 Å². The largest absolute Gasteiger partial charge is 0.356 e. The molecule has 5 heteroatoms. The average Bonchev–Trinajstić information content (AvgIpc) is 3.15. The number of H-pyrrole nitrogens is 1. The quantitative estimate of drug-likeness (QED) is 0.818. The van der Waals surface area contributed by atoms with Crippen LogP contribution in [0.3, 0.4) is 0 Å². The first-order valence-electron chi connectivity index (χ1n) is 8.83. The van der Waals surface area contributed by atoms with Gasteiger partial charge in [0, 0.05) is 25.2 Å². The zero-order valence-electron chi connectivity index (χ0n) is 14.1. The smallest absolute Gasteiger partial charge is 0.223 e. The summed E-state index contributed by atoms with van der Waals surface area (Å²) in [6.45, 7) is 3.79. The monoisotopic (exact) mass is 326 g/mol. The van der Waals surface area contributed by atoms with Gasteiger partial charge in [-0.1, -0.05) is 30.3 Å². The van der Waals surface area contributed by atoms with Gasteiger partial charge in [0.2, 0.25) is 5.91 Å². The Hall–Kier alpha value is -2.14. The van der Waals surface area contributed by atoms with Crippen molar-refractivity contribution in [3.05, 3.63) is 53.9 Å². The van der Waals surface area contributed by atoms with Gasteiger partial charge in [-0.2, -0.15) is 5.10 Å². The van der Waals surface area contributed by atoms with E-state index in [0.717, 1.165) is 51.9 Å². The summed E-state index contributed by atoms with van der Waals surface area (Å²) in [6.07, 6.45) is 7.67. The Balaban J connectivity index is 1.33. The van der Waals surface area contributed by atoms with Crippen molar-refractivity contribution in [3.63, 3.8) is 0 Å². The Labute approximate surface area is 143 Å². The number of carbonyl (C=O) groups is 1. The van der Waals surface area contributed by atoms with Crippen molar-refractivity contribution in [1.29, 1.82) is 0 Å². The van der Waals surface area contributed by atoms with Gasteiger partial charge in [0.15, 0.2) is 0 Å². The van der Waals surface area contributed by atoms with E-state index < -0.39 is 0 Å². The second kappa shape index (κ2) is 8.64. The van der Waals surface area contributed by atoms with Crippen molar-refractivity contribution in [2.75, 3.05) is 26.2 Å². The number of likely N-dealkylation sites (tertiary alicyclic amines) is 1. The number of rotatable bonds is 7. The first-order valence-corrected chi connectivity index (χ1v) is 8.83. The van der Waals surface area contributed by atoms with E-state index in [1.807, 2.05) is 30.6 Å². The fourth-order valence-electron chi connectivity index (χ4n) is 3.24. The van der Waals surface area contributed by atoms with Crippen molar-refractivity contribution < 1.29 is 4.79 Å². The second-order valence-electron chi connectivity index (χ2n) is 6.50. The summed E-state index contributed by atoms with van der Waals surface area (Å²) < 4.78 is 0. The van der Waals surface area contributed by atoms with E-state index in [0.29, 0.717) is 0 Å². The van der Waals surface area contributed by atoms with E-state index in [1.165, 1.54) is 11.1 Å². The zero-order chi connectivity index (χ0) is 16.6. The minimum absolute atomic E-state index is 0.172. The van der Waals surface area contributed by atoms with Crippen LogP contribution in [-0.2, 0) is 17.6 Å². The summed E-state index contributed by atoms with van der Waals surface area (Å²) in [5.41, 5.74) is 2.52. The van der Waals surface area contributed by atoms with Gasteiger partial charge in [0.1, 0.15) is 0 Å². The second-order valence-corrected chi connectivity index (χ2v) is 6.50. The highest BCUT2D eigenvalue weighted by atomic mass is 16.1. The number of aromatic nitrogens is 2. The molecule has 1 amide bonds. The van der Waals surface area contributed by atoms with Crippen molar-refractivity contribution in [1.82, 2.24) is 20.4 Å². The number of amides is 1. The van der Waals surface area contributed by atoms with E-state index in [4.69, 9.17) is 0 Å². The Kier molecular flexibility index (Phi) is 6.01. The molecule has 128 valence electrons. The summed E-state index contributed by atoms with van der Waals surface area (Å²) in [7, 11) is 0. The lowest BCUT2D eigenvalue weighted by Crippen LogP contribution is -2.41. The molecule has 1 aliphatic rings. The summed E-state index contributed by atoms with van der Waals surface area (Å²) in [5, 5.41) is 9.92. The highest BCUT2D eigenvalue weighted by molar-refractivity contribution is 5.78. The first kappa shape index (κ1) is 16.7. The maximum absolute atomic E-state index is 12.3. The number of benzene rings is 1. The molecule has 0 unspecified atom stereocenters. The van der Waals surface area contributed by atoms with Crippen LogP contribution in [0.25, 0.3) is 0 Å². The Morgan fingerprint density at radius 1 is 1.17 bits per heavy atom. The van der Waals surface area contributed by atoms with Crippen LogP contribution in [0.15, 0.2) is 42.7 Å². The van der Waals surface area contributed by atoms with Gasteiger partial charge in [0.05, 0.1) is 6.20 Å². The van der Waals surface area contributed by atoms with Crippen LogP contribution in [0, 0.1) is 5.92 Å². The molecule has 1 saturated heterocycles. The summed E-state index contributed by atoms with van der Waals surface area (Å²) in [6, 6.07) is 10.3. The predicted octanol–water partition coefficient (Wildman–Crippen LogP) is 2.02. The number of hydrogen-bond donors (Lipinski definition) is 2. The number of nitrogens with one attached hydrogen (secondary N) is 2. The zero-order valence-corrected chi connectivity index (χ0v) is 14.1. The van der Waals surface area contributed by atoms with Gasteiger partial charge in [-0.3, -0.25) is 9.89 Å². The minimum Gasteiger partial charge on any atom is -0.356 e. The molecule has 3 rings (SSSR count). The van der Waals surface area contributed by atoms with Crippen LogP contribution in [0.5, 0.6) is 0 Å². The van der Waals surface area contributed by atoms with Crippen LogP contribution in [0.1, 0.15) is 24.0 Å². The molecule has 0 saturated carbocycles. The van der Waals surface area contributed by atoms with Crippen LogP contribution in [0.2, 0.25) is 0 Å². The van der Waals surface area contributed by atoms with Gasteiger partial charge in [-0.25, -0.2) is 0 Å². The molecule has 0 radical (unpaired) electrons. The maximum atomic E-state index is 12.3. The Bertz CT molecular complexity index is 604. The molecule has 0 aliphatic carbocycles. The van der Waals surface area contributed by atoms with Crippen molar-refractivity contribution in [3.8, 4) is 0 Å². The molecule has 2 N–H and O–H groups in total. The van der Waals surface area contributed by atoms with E-state index in [2.05, 4.69) is 32.5 Å². The minimum atomic E-state index is 0.172. The molecule has 5 nitrogen and oxygen atoms in total. The van der Waals surface area contributed by atoms with Crippen LogP contribution in [0.4, 0.5) is 0 Å². The third-order valence-corrected chi connectivity index (χ3v) is 4.79. The van der Waals surface area contributed by atoms with E-state index in [-0.39, 0.29) is 11.8 Å². The van der Waals surface area contributed by atoms with Gasteiger partial charge in [0.25, 0.3) is 0 Å². The standard InChI is InChI=1S/C19H26N4O/c24-19(20-10-6-16-4-2-1-3-5-16)18-8-12-23(13-9-18)11-7-17-14-21-22-15-17/h1-5,14-15,18H,6-13H2,(H,20,24)(H,21,22). The summed E-state index contributed by atoms with van der Waals surface area (Å²) >= 11 is 0. The number of aromatic amines is 1. The predicted molar refractivity (Wildman–Crippen MR) is 94.6 cm³/mol. The maximum Gasteiger partial charge on any atom is 0.223 e. The van der Waals surface area contributed by atoms with E-state index in [1.54, 1.807) is 0 Å². The Morgan fingerprint density at radius 2 is 1.96 bits per heavy atom. The lowest BCUT2D eigenvalue weighted by atomic mass is 9.95. The molecule has 0 bridgehead atoms. The first-order chi connectivity index (χ1) is 11.8. The molecule has 2 aromatic rings. The van der Waals surface area contributed by atoms with Crippen molar-refractivity contribution >= 4 is 5.91 Å². The lowest BCUT2D eigenvalue weighted by Gasteiger charge is -2.31. The van der Waals surface area contributed by atoms with E-state index in [9.17, 15) is 4.79 Å². The highest BCUT2D eigenvalue weighted by Crippen LogP contribution is 2.17. The molecule has 1 aromatic carbocycles. The average molecular weight is 326 g/mol. The Morgan fingerprint density at radius 3 is 2.67 bits per heavy atom. The van der Waals surface area contributed by atoms with Crippen LogP contribution in [-0.4, -0.2) is 47.2 Å². The molecule has 2 heterocycles. The fourth-order valence-corrected chi connectivity index (χ4v) is 3.24. The SMILES string of the molecule is O=C(NCCc1ccccc1)C1CCN(CCc2cn[nH]c2)CC1. The molecule has 1 aliphatic heterocycles. The highest BCUT2D eigenvalue weighted by Gasteiger charge is 2.24. The van der Waals surface area contributed by atoms with Crippen molar-refractivity contribution in [2.45, 2.75) is 25.7 Å². The van der Waals surface area contributed by atoms with E-state index >= 15 is 0 Å². The molecular formula is C19H26N4O.